The molecule has 3 aromatic carbocycles. The zero-order chi connectivity index (χ0) is 31.0. The largest absolute Gasteiger partial charge is 0.361 e. The molecule has 3 heteroatoms. The summed E-state index contributed by atoms with van der Waals surface area (Å²) in [7, 11) is 1.69. The zero-order valence-corrected chi connectivity index (χ0v) is 27.1. The van der Waals surface area contributed by atoms with E-state index in [4.69, 9.17) is 14.2 Å². The topological polar surface area (TPSA) is 27.7 Å². The molecule has 44 heavy (non-hydrogen) atoms. The molecule has 0 fully saturated rings. The smallest absolute Gasteiger partial charge is 0.146 e. The molecule has 0 N–H and O–H groups in total. The van der Waals surface area contributed by atoms with Crippen LogP contribution in [0.4, 0.5) is 0 Å². The van der Waals surface area contributed by atoms with Crippen LogP contribution in [0.3, 0.4) is 0 Å². The minimum Gasteiger partial charge on any atom is -0.361 e. The van der Waals surface area contributed by atoms with Gasteiger partial charge in [0.15, 0.2) is 0 Å². The van der Waals surface area contributed by atoms with Gasteiger partial charge in [-0.05, 0) is 74.5 Å². The van der Waals surface area contributed by atoms with Crippen LogP contribution in [0.2, 0.25) is 0 Å². The third-order valence-electron chi connectivity index (χ3n) is 7.88. The van der Waals surface area contributed by atoms with Crippen molar-refractivity contribution in [1.29, 1.82) is 0 Å². The molecule has 0 aromatic heterocycles. The first-order valence-electron chi connectivity index (χ1n) is 16.7. The third kappa shape index (κ3) is 12.4. The van der Waals surface area contributed by atoms with Crippen molar-refractivity contribution in [3.05, 3.63) is 144 Å². The summed E-state index contributed by atoms with van der Waals surface area (Å²) in [6.07, 6.45) is 25.9. The maximum atomic E-state index is 6.95. The fraction of sp³-hybridized carbons (Fsp3) is 0.415. The Morgan fingerprint density at radius 1 is 0.591 bits per heavy atom. The van der Waals surface area contributed by atoms with Crippen LogP contribution in [-0.4, -0.2) is 26.6 Å². The standard InChI is InChI=1S/C41H54O3/c1-3-4-5-6-7-8-9-10-11-12-13-14-24-33-40(43-36-42-2)34-25-26-35-44-41(37-27-18-15-19-28-37,38-29-20-16-21-30-38)39-31-22-17-23-32-39/h7-8,10-11,13-23,27-32,40H,3-6,9,12,24-26,33-36H2,1-2H3/b8-7-,11-10-,14-13-/t40-/m0/s1. The lowest BCUT2D eigenvalue weighted by Crippen LogP contribution is -2.33. The zero-order valence-electron chi connectivity index (χ0n) is 27.1. The molecule has 0 aliphatic carbocycles. The van der Waals surface area contributed by atoms with Crippen LogP contribution in [0.25, 0.3) is 0 Å². The Kier molecular flexibility index (Phi) is 17.9. The van der Waals surface area contributed by atoms with Crippen LogP contribution in [0.1, 0.15) is 94.2 Å². The van der Waals surface area contributed by atoms with Crippen molar-refractivity contribution in [3.63, 3.8) is 0 Å². The summed E-state index contributed by atoms with van der Waals surface area (Å²) < 4.78 is 18.2. The maximum absolute atomic E-state index is 6.95. The molecule has 0 aliphatic heterocycles. The van der Waals surface area contributed by atoms with Crippen LogP contribution in [0.15, 0.2) is 127 Å². The van der Waals surface area contributed by atoms with E-state index in [2.05, 4.69) is 134 Å². The molecule has 0 amide bonds. The van der Waals surface area contributed by atoms with Gasteiger partial charge in [-0.1, -0.05) is 147 Å². The molecule has 0 saturated carbocycles. The highest BCUT2D eigenvalue weighted by Gasteiger charge is 2.37. The maximum Gasteiger partial charge on any atom is 0.146 e. The van der Waals surface area contributed by atoms with Crippen molar-refractivity contribution in [2.45, 2.75) is 89.3 Å². The van der Waals surface area contributed by atoms with Gasteiger partial charge in [-0.2, -0.15) is 0 Å². The lowest BCUT2D eigenvalue weighted by Gasteiger charge is -2.36. The molecule has 3 aromatic rings. The van der Waals surface area contributed by atoms with Crippen molar-refractivity contribution in [3.8, 4) is 0 Å². The minimum absolute atomic E-state index is 0.176. The summed E-state index contributed by atoms with van der Waals surface area (Å²) in [6, 6.07) is 31.8. The Labute approximate surface area is 267 Å². The number of allylic oxidation sites excluding steroid dienone is 6. The Morgan fingerprint density at radius 3 is 1.64 bits per heavy atom. The predicted molar refractivity (Wildman–Crippen MR) is 186 cm³/mol. The lowest BCUT2D eigenvalue weighted by molar-refractivity contribution is -0.0774. The van der Waals surface area contributed by atoms with Crippen molar-refractivity contribution >= 4 is 0 Å². The number of methoxy groups -OCH3 is 1. The molecular formula is C41H54O3. The third-order valence-corrected chi connectivity index (χ3v) is 7.88. The van der Waals surface area contributed by atoms with Crippen LogP contribution < -0.4 is 0 Å². The van der Waals surface area contributed by atoms with E-state index in [-0.39, 0.29) is 6.10 Å². The van der Waals surface area contributed by atoms with Crippen LogP contribution in [-0.2, 0) is 19.8 Å². The average molecular weight is 595 g/mol. The molecule has 0 unspecified atom stereocenters. The van der Waals surface area contributed by atoms with Crippen molar-refractivity contribution in [1.82, 2.24) is 0 Å². The van der Waals surface area contributed by atoms with Crippen LogP contribution >= 0.6 is 0 Å². The monoisotopic (exact) mass is 594 g/mol. The summed E-state index contributed by atoms with van der Waals surface area (Å²) in [5.74, 6) is 0. The molecule has 0 radical (unpaired) electrons. The van der Waals surface area contributed by atoms with Gasteiger partial charge in [0.05, 0.1) is 6.10 Å². The van der Waals surface area contributed by atoms with Gasteiger partial charge in [-0.25, -0.2) is 0 Å². The van der Waals surface area contributed by atoms with Gasteiger partial charge in [-0.3, -0.25) is 0 Å². The van der Waals surface area contributed by atoms with Gasteiger partial charge in [0.2, 0.25) is 0 Å². The number of hydrogen-bond donors (Lipinski definition) is 0. The van der Waals surface area contributed by atoms with Gasteiger partial charge in [-0.15, -0.1) is 0 Å². The van der Waals surface area contributed by atoms with Gasteiger partial charge in [0.25, 0.3) is 0 Å². The van der Waals surface area contributed by atoms with E-state index in [1.54, 1.807) is 7.11 Å². The summed E-state index contributed by atoms with van der Waals surface area (Å²) in [4.78, 5) is 0. The minimum atomic E-state index is -0.667. The van der Waals surface area contributed by atoms with E-state index in [9.17, 15) is 0 Å². The fourth-order valence-electron chi connectivity index (χ4n) is 5.52. The van der Waals surface area contributed by atoms with E-state index in [0.29, 0.717) is 13.4 Å². The Balaban J connectivity index is 1.50. The first-order valence-corrected chi connectivity index (χ1v) is 16.7. The molecule has 0 aliphatic rings. The summed E-state index contributed by atoms with van der Waals surface area (Å²) in [6.45, 7) is 3.23. The lowest BCUT2D eigenvalue weighted by atomic mass is 9.80. The fourth-order valence-corrected chi connectivity index (χ4v) is 5.52. The van der Waals surface area contributed by atoms with Crippen LogP contribution in [0, 0.1) is 0 Å². The normalized spacial score (nSPS) is 13.0. The highest BCUT2D eigenvalue weighted by Crippen LogP contribution is 2.40. The Morgan fingerprint density at radius 2 is 1.11 bits per heavy atom. The molecule has 0 bridgehead atoms. The number of ether oxygens (including phenoxy) is 3. The number of benzene rings is 3. The highest BCUT2D eigenvalue weighted by atomic mass is 16.7. The van der Waals surface area contributed by atoms with E-state index in [0.717, 1.165) is 61.6 Å². The van der Waals surface area contributed by atoms with Crippen molar-refractivity contribution in [2.24, 2.45) is 0 Å². The van der Waals surface area contributed by atoms with Gasteiger partial charge in [0.1, 0.15) is 12.4 Å². The molecule has 3 rings (SSSR count). The molecule has 0 saturated heterocycles. The summed E-state index contributed by atoms with van der Waals surface area (Å²) in [5, 5.41) is 0. The van der Waals surface area contributed by atoms with E-state index >= 15 is 0 Å². The van der Waals surface area contributed by atoms with E-state index < -0.39 is 5.60 Å². The average Bonchev–Trinajstić information content (AvgIpc) is 3.08. The number of unbranched alkanes of at least 4 members (excludes halogenated alkanes) is 4. The second-order valence-electron chi connectivity index (χ2n) is 11.3. The highest BCUT2D eigenvalue weighted by molar-refractivity contribution is 5.47. The molecule has 0 heterocycles. The van der Waals surface area contributed by atoms with E-state index in [1.807, 2.05) is 0 Å². The second kappa shape index (κ2) is 22.3. The van der Waals surface area contributed by atoms with Crippen LogP contribution in [0.5, 0.6) is 0 Å². The molecular weight excluding hydrogens is 540 g/mol. The molecule has 0 spiro atoms. The first-order chi connectivity index (χ1) is 21.8. The molecule has 236 valence electrons. The van der Waals surface area contributed by atoms with Crippen molar-refractivity contribution in [2.75, 3.05) is 20.5 Å². The van der Waals surface area contributed by atoms with Gasteiger partial charge >= 0.3 is 0 Å². The first kappa shape index (κ1) is 35.2. The molecule has 3 nitrogen and oxygen atoms in total. The van der Waals surface area contributed by atoms with Gasteiger partial charge in [0, 0.05) is 13.7 Å². The van der Waals surface area contributed by atoms with E-state index in [1.165, 1.54) is 25.7 Å². The van der Waals surface area contributed by atoms with Crippen molar-refractivity contribution < 1.29 is 14.2 Å². The predicted octanol–water partition coefficient (Wildman–Crippen LogP) is 11.0. The summed E-state index contributed by atoms with van der Waals surface area (Å²) >= 11 is 0. The number of hydrogen-bond acceptors (Lipinski definition) is 3. The Hall–Kier alpha value is -3.24. The number of rotatable bonds is 23. The second-order valence-corrected chi connectivity index (χ2v) is 11.3. The summed E-state index contributed by atoms with van der Waals surface area (Å²) in [5.41, 5.74) is 2.75. The SMILES string of the molecule is CCCCC/C=C\C/C=C\C/C=C\CC[C@@H](CCCCOC(c1ccccc1)(c1ccccc1)c1ccccc1)OCOC. The quantitative estimate of drug-likeness (QED) is 0.0473. The molecule has 1 atom stereocenters. The Bertz CT molecular complexity index is 1090. The van der Waals surface area contributed by atoms with Gasteiger partial charge < -0.3 is 14.2 Å².